The zero-order chi connectivity index (χ0) is 31.1. The quantitative estimate of drug-likeness (QED) is 0.191. The summed E-state index contributed by atoms with van der Waals surface area (Å²) < 4.78 is 12.2. The standard InChI is InChI=1S/C43H31N3O2/c1-3-32-34-22-30(13-15-38(34)47-41(32)44-17-1)46(31-14-16-39-35(23-31)33-4-2-18-45-42(33)48-39)29-11-9-25(10-12-29)24-5-7-26(8-6-24)40-36-20-27-19-28-21-37(40)43(27,28)36/h1-18,22-23,27-28,36-37,40H,19-21H2. The van der Waals surface area contributed by atoms with Crippen LogP contribution in [0.15, 0.2) is 130 Å². The molecule has 12 rings (SSSR count). The van der Waals surface area contributed by atoms with Crippen molar-refractivity contribution < 1.29 is 8.83 Å². The minimum absolute atomic E-state index is 0.652. The first-order valence-corrected chi connectivity index (χ1v) is 17.3. The van der Waals surface area contributed by atoms with Gasteiger partial charge < -0.3 is 13.7 Å². The Morgan fingerprint density at radius 2 is 1.06 bits per heavy atom. The zero-order valence-electron chi connectivity index (χ0n) is 26.2. The molecule has 0 aliphatic heterocycles. The summed E-state index contributed by atoms with van der Waals surface area (Å²) in [7, 11) is 0. The van der Waals surface area contributed by atoms with Gasteiger partial charge in [0.25, 0.3) is 0 Å². The molecule has 0 saturated heterocycles. The summed E-state index contributed by atoms with van der Waals surface area (Å²) in [5.74, 6) is 4.92. The van der Waals surface area contributed by atoms with Gasteiger partial charge >= 0.3 is 0 Å². The highest BCUT2D eigenvalue weighted by atomic mass is 16.3. The van der Waals surface area contributed by atoms with E-state index in [1.54, 1.807) is 18.0 Å². The number of benzene rings is 4. The molecule has 4 fully saturated rings. The molecule has 4 aromatic heterocycles. The molecule has 1 spiro atoms. The Morgan fingerprint density at radius 1 is 0.542 bits per heavy atom. The average molecular weight is 622 g/mol. The van der Waals surface area contributed by atoms with Gasteiger partial charge in [0.15, 0.2) is 0 Å². The highest BCUT2D eigenvalue weighted by molar-refractivity contribution is 6.07. The van der Waals surface area contributed by atoms with E-state index in [-0.39, 0.29) is 0 Å². The Hall–Kier alpha value is -5.42. The van der Waals surface area contributed by atoms with E-state index in [0.29, 0.717) is 11.4 Å². The van der Waals surface area contributed by atoms with Crippen LogP contribution in [0.4, 0.5) is 17.1 Å². The van der Waals surface area contributed by atoms with Gasteiger partial charge in [0.1, 0.15) is 11.2 Å². The summed E-state index contributed by atoms with van der Waals surface area (Å²) in [4.78, 5) is 11.2. The van der Waals surface area contributed by atoms with Crippen molar-refractivity contribution in [2.45, 2.75) is 25.2 Å². The van der Waals surface area contributed by atoms with Crippen molar-refractivity contribution in [1.29, 1.82) is 0 Å². The number of rotatable bonds is 5. The minimum Gasteiger partial charge on any atom is -0.438 e. The topological polar surface area (TPSA) is 55.3 Å². The molecule has 230 valence electrons. The van der Waals surface area contributed by atoms with Crippen LogP contribution in [0.5, 0.6) is 0 Å². The summed E-state index contributed by atoms with van der Waals surface area (Å²) in [6.45, 7) is 0. The Kier molecular flexibility index (Phi) is 4.77. The fourth-order valence-electron chi connectivity index (χ4n) is 10.9. The largest absolute Gasteiger partial charge is 0.438 e. The van der Waals surface area contributed by atoms with Crippen molar-refractivity contribution in [1.82, 2.24) is 9.97 Å². The summed E-state index contributed by atoms with van der Waals surface area (Å²) in [6.07, 6.45) is 8.05. The summed E-state index contributed by atoms with van der Waals surface area (Å²) >= 11 is 0. The van der Waals surface area contributed by atoms with Crippen molar-refractivity contribution in [2.24, 2.45) is 29.1 Å². The second-order valence-corrected chi connectivity index (χ2v) is 14.6. The maximum absolute atomic E-state index is 6.08. The number of hydrogen-bond acceptors (Lipinski definition) is 5. The molecule has 0 N–H and O–H groups in total. The third kappa shape index (κ3) is 3.13. The van der Waals surface area contributed by atoms with E-state index in [2.05, 4.69) is 99.8 Å². The molecule has 4 unspecified atom stereocenters. The number of pyridine rings is 2. The van der Waals surface area contributed by atoms with Gasteiger partial charge in [-0.25, -0.2) is 9.97 Å². The first-order valence-electron chi connectivity index (χ1n) is 17.3. The van der Waals surface area contributed by atoms with E-state index >= 15 is 0 Å². The van der Waals surface area contributed by atoms with Crippen LogP contribution in [-0.2, 0) is 0 Å². The van der Waals surface area contributed by atoms with Crippen LogP contribution in [0.2, 0.25) is 0 Å². The van der Waals surface area contributed by atoms with Crippen molar-refractivity contribution in [3.8, 4) is 11.1 Å². The van der Waals surface area contributed by atoms with Gasteiger partial charge in [0, 0.05) is 51.0 Å². The molecule has 0 amide bonds. The second-order valence-electron chi connectivity index (χ2n) is 14.6. The number of fused-ring (bicyclic) bond motifs is 6. The molecule has 0 bridgehead atoms. The van der Waals surface area contributed by atoms with E-state index in [1.807, 2.05) is 24.3 Å². The van der Waals surface area contributed by atoms with Crippen LogP contribution in [-0.4, -0.2) is 9.97 Å². The normalized spacial score (nSPS) is 26.4. The minimum atomic E-state index is 0.652. The SMILES string of the molecule is c1cnc2oc3ccc(N(c4ccc(-c5ccc(C6C7CC8CC9CC6C897)cc5)cc4)c4ccc5oc6ncccc6c5c4)cc3c2c1. The molecular weight excluding hydrogens is 590 g/mol. The molecule has 4 atom stereocenters. The van der Waals surface area contributed by atoms with E-state index in [0.717, 1.165) is 84.8 Å². The Labute approximate surface area is 276 Å². The van der Waals surface area contributed by atoms with Crippen LogP contribution in [0.1, 0.15) is 30.7 Å². The van der Waals surface area contributed by atoms with Gasteiger partial charge in [0.2, 0.25) is 11.4 Å². The van der Waals surface area contributed by atoms with Crippen molar-refractivity contribution in [2.75, 3.05) is 4.90 Å². The molecule has 48 heavy (non-hydrogen) atoms. The Balaban J connectivity index is 0.933. The second kappa shape index (κ2) is 8.93. The third-order valence-electron chi connectivity index (χ3n) is 12.9. The summed E-state index contributed by atoms with van der Waals surface area (Å²) in [5, 5.41) is 4.10. The van der Waals surface area contributed by atoms with Crippen molar-refractivity contribution in [3.05, 3.63) is 127 Å². The van der Waals surface area contributed by atoms with E-state index < -0.39 is 0 Å². The van der Waals surface area contributed by atoms with Crippen molar-refractivity contribution >= 4 is 61.2 Å². The van der Waals surface area contributed by atoms with Gasteiger partial charge in [-0.3, -0.25) is 0 Å². The maximum Gasteiger partial charge on any atom is 0.227 e. The van der Waals surface area contributed by atoms with E-state index in [9.17, 15) is 0 Å². The molecule has 0 radical (unpaired) electrons. The van der Waals surface area contributed by atoms with Crippen LogP contribution in [0.25, 0.3) is 55.3 Å². The highest BCUT2D eigenvalue weighted by Gasteiger charge is 2.84. The first kappa shape index (κ1) is 25.6. The van der Waals surface area contributed by atoms with Gasteiger partial charge in [-0.15, -0.1) is 0 Å². The van der Waals surface area contributed by atoms with Crippen LogP contribution >= 0.6 is 0 Å². The number of furan rings is 2. The fraction of sp³-hybridized carbons (Fsp3) is 0.209. The molecule has 4 aliphatic rings. The van der Waals surface area contributed by atoms with Crippen molar-refractivity contribution in [3.63, 3.8) is 0 Å². The summed E-state index contributed by atoms with van der Waals surface area (Å²) in [6, 6.07) is 39.3. The smallest absolute Gasteiger partial charge is 0.227 e. The molecule has 5 nitrogen and oxygen atoms in total. The molecule has 4 aromatic carbocycles. The fourth-order valence-corrected chi connectivity index (χ4v) is 10.9. The van der Waals surface area contributed by atoms with Crippen LogP contribution in [0.3, 0.4) is 0 Å². The molecule has 4 saturated carbocycles. The lowest BCUT2D eigenvalue weighted by Gasteiger charge is -2.89. The lowest BCUT2D eigenvalue weighted by atomic mass is 9.15. The maximum atomic E-state index is 6.08. The molecule has 5 heteroatoms. The predicted molar refractivity (Wildman–Crippen MR) is 190 cm³/mol. The third-order valence-corrected chi connectivity index (χ3v) is 12.9. The number of anilines is 3. The van der Waals surface area contributed by atoms with Crippen LogP contribution in [0, 0.1) is 29.1 Å². The Bertz CT molecular complexity index is 2460. The predicted octanol–water partition coefficient (Wildman–Crippen LogP) is 11.2. The number of hydrogen-bond donors (Lipinski definition) is 0. The number of aromatic nitrogens is 2. The lowest BCUT2D eigenvalue weighted by Crippen LogP contribution is -2.82. The Morgan fingerprint density at radius 3 is 1.60 bits per heavy atom. The van der Waals surface area contributed by atoms with E-state index in [4.69, 9.17) is 8.83 Å². The molecule has 8 aromatic rings. The molecule has 4 aliphatic carbocycles. The van der Waals surface area contributed by atoms with Gasteiger partial charge in [-0.1, -0.05) is 36.4 Å². The number of nitrogens with zero attached hydrogens (tertiary/aromatic N) is 3. The van der Waals surface area contributed by atoms with Gasteiger partial charge in [-0.2, -0.15) is 0 Å². The average Bonchev–Trinajstić information content (AvgIpc) is 3.66. The summed E-state index contributed by atoms with van der Waals surface area (Å²) in [5.41, 5.74) is 11.0. The van der Waals surface area contributed by atoms with E-state index in [1.165, 1.54) is 30.4 Å². The molecular formula is C43H31N3O2. The first-order chi connectivity index (χ1) is 23.7. The molecule has 4 heterocycles. The van der Waals surface area contributed by atoms with Crippen LogP contribution < -0.4 is 4.90 Å². The highest BCUT2D eigenvalue weighted by Crippen LogP contribution is 2.91. The van der Waals surface area contributed by atoms with Gasteiger partial charge in [-0.05, 0) is 144 Å². The van der Waals surface area contributed by atoms with Gasteiger partial charge in [0.05, 0.1) is 0 Å². The zero-order valence-corrected chi connectivity index (χ0v) is 26.2. The monoisotopic (exact) mass is 621 g/mol. The lowest BCUT2D eigenvalue weighted by molar-refractivity contribution is -0.390.